The third-order valence-electron chi connectivity index (χ3n) is 1.34. The van der Waals surface area contributed by atoms with Crippen molar-refractivity contribution in [1.82, 2.24) is 10.4 Å². The molecule has 0 aliphatic heterocycles. The highest BCUT2D eigenvalue weighted by Gasteiger charge is 1.91. The van der Waals surface area contributed by atoms with E-state index in [4.69, 9.17) is 0 Å². The van der Waals surface area contributed by atoms with Crippen molar-refractivity contribution in [3.8, 4) is 0 Å². The van der Waals surface area contributed by atoms with Gasteiger partial charge in [0.05, 0.1) is 0 Å². The van der Waals surface area contributed by atoms with Gasteiger partial charge in [0, 0.05) is 19.3 Å². The van der Waals surface area contributed by atoms with E-state index >= 15 is 0 Å². The number of hydrogen-bond donors (Lipinski definition) is 1. The normalized spacial score (nSPS) is 11.8. The second-order valence-corrected chi connectivity index (χ2v) is 2.00. The van der Waals surface area contributed by atoms with Gasteiger partial charge < -0.3 is 5.01 Å². The molecule has 0 amide bonds. The van der Waals surface area contributed by atoms with E-state index in [9.17, 15) is 0 Å². The van der Waals surface area contributed by atoms with E-state index in [-0.39, 0.29) is 0 Å². The molecule has 0 aromatic rings. The smallest absolute Gasteiger partial charge is 0.0228 e. The van der Waals surface area contributed by atoms with Crippen LogP contribution in [0.2, 0.25) is 0 Å². The monoisotopic (exact) mass is 128 g/mol. The first-order valence-corrected chi connectivity index (χ1v) is 3.32. The van der Waals surface area contributed by atoms with Gasteiger partial charge in [-0.2, -0.15) is 0 Å². The molecular formula is C7H16N2. The summed E-state index contributed by atoms with van der Waals surface area (Å²) in [5.41, 5.74) is 4.41. The van der Waals surface area contributed by atoms with Crippen LogP contribution in [0.5, 0.6) is 0 Å². The van der Waals surface area contributed by atoms with Gasteiger partial charge in [-0.3, -0.25) is 0 Å². The Kier molecular flexibility index (Phi) is 4.14. The molecule has 0 unspecified atom stereocenters. The fourth-order valence-electron chi connectivity index (χ4n) is 0.556. The molecule has 0 aliphatic carbocycles. The van der Waals surface area contributed by atoms with Crippen molar-refractivity contribution in [2.45, 2.75) is 20.8 Å². The average molecular weight is 128 g/mol. The molecule has 0 rings (SSSR count). The van der Waals surface area contributed by atoms with Crippen molar-refractivity contribution in [3.05, 3.63) is 11.8 Å². The Morgan fingerprint density at radius 1 is 1.67 bits per heavy atom. The third kappa shape index (κ3) is 3.14. The predicted molar refractivity (Wildman–Crippen MR) is 40.9 cm³/mol. The zero-order chi connectivity index (χ0) is 7.28. The standard InChI is InChI=1S/C7H16N2/c1-5-7(3)9(4)8-6-2/h5,8H,6H2,1-4H3/b7-5-. The molecule has 0 saturated carbocycles. The molecule has 0 saturated heterocycles. The van der Waals surface area contributed by atoms with Crippen molar-refractivity contribution in [1.29, 1.82) is 0 Å². The van der Waals surface area contributed by atoms with Crippen LogP contribution in [0.25, 0.3) is 0 Å². The first-order valence-electron chi connectivity index (χ1n) is 3.32. The second kappa shape index (κ2) is 4.39. The Morgan fingerprint density at radius 2 is 2.22 bits per heavy atom. The fourth-order valence-corrected chi connectivity index (χ4v) is 0.556. The summed E-state index contributed by atoms with van der Waals surface area (Å²) >= 11 is 0. The molecule has 9 heavy (non-hydrogen) atoms. The van der Waals surface area contributed by atoms with Gasteiger partial charge in [0.25, 0.3) is 0 Å². The van der Waals surface area contributed by atoms with E-state index in [1.54, 1.807) is 0 Å². The maximum Gasteiger partial charge on any atom is 0.0228 e. The Morgan fingerprint density at radius 3 is 2.56 bits per heavy atom. The maximum absolute atomic E-state index is 3.16. The zero-order valence-corrected chi connectivity index (χ0v) is 6.73. The lowest BCUT2D eigenvalue weighted by Crippen LogP contribution is -2.32. The number of nitrogens with one attached hydrogen (secondary N) is 1. The van der Waals surface area contributed by atoms with Gasteiger partial charge in [-0.05, 0) is 13.8 Å². The minimum absolute atomic E-state index is 0.974. The van der Waals surface area contributed by atoms with Crippen LogP contribution in [0.1, 0.15) is 20.8 Å². The summed E-state index contributed by atoms with van der Waals surface area (Å²) in [6, 6.07) is 0. The number of allylic oxidation sites excluding steroid dienone is 2. The number of hydrogen-bond acceptors (Lipinski definition) is 2. The molecular weight excluding hydrogens is 112 g/mol. The van der Waals surface area contributed by atoms with Crippen LogP contribution in [-0.4, -0.2) is 18.6 Å². The maximum atomic E-state index is 3.16. The van der Waals surface area contributed by atoms with Crippen molar-refractivity contribution in [3.63, 3.8) is 0 Å². The SMILES string of the molecule is C/C=C(/C)N(C)NCC. The number of rotatable bonds is 3. The topological polar surface area (TPSA) is 15.3 Å². The van der Waals surface area contributed by atoms with Gasteiger partial charge in [0.2, 0.25) is 0 Å². The lowest BCUT2D eigenvalue weighted by molar-refractivity contribution is 0.308. The van der Waals surface area contributed by atoms with E-state index in [1.807, 2.05) is 19.0 Å². The van der Waals surface area contributed by atoms with Crippen LogP contribution in [0.15, 0.2) is 11.8 Å². The molecule has 2 nitrogen and oxygen atoms in total. The largest absolute Gasteiger partial charge is 0.316 e. The number of hydrazine groups is 1. The third-order valence-corrected chi connectivity index (χ3v) is 1.34. The molecule has 0 aromatic carbocycles. The molecule has 0 spiro atoms. The fraction of sp³-hybridized carbons (Fsp3) is 0.714. The number of nitrogens with zero attached hydrogens (tertiary/aromatic N) is 1. The van der Waals surface area contributed by atoms with Crippen molar-refractivity contribution in [2.75, 3.05) is 13.6 Å². The Labute approximate surface area is 57.5 Å². The minimum Gasteiger partial charge on any atom is -0.316 e. The Balaban J connectivity index is 3.59. The van der Waals surface area contributed by atoms with Gasteiger partial charge >= 0.3 is 0 Å². The van der Waals surface area contributed by atoms with Crippen LogP contribution in [-0.2, 0) is 0 Å². The molecule has 0 bridgehead atoms. The molecule has 0 aromatic heterocycles. The van der Waals surface area contributed by atoms with E-state index in [0.29, 0.717) is 0 Å². The Hall–Kier alpha value is -0.500. The molecule has 0 aliphatic rings. The molecule has 0 atom stereocenters. The first-order chi connectivity index (χ1) is 4.22. The van der Waals surface area contributed by atoms with Crippen LogP contribution < -0.4 is 5.43 Å². The van der Waals surface area contributed by atoms with Gasteiger partial charge in [0.15, 0.2) is 0 Å². The van der Waals surface area contributed by atoms with Gasteiger partial charge in [0.1, 0.15) is 0 Å². The summed E-state index contributed by atoms with van der Waals surface area (Å²) in [4.78, 5) is 0. The minimum atomic E-state index is 0.974. The summed E-state index contributed by atoms with van der Waals surface area (Å²) in [5, 5.41) is 2.01. The highest BCUT2D eigenvalue weighted by atomic mass is 15.5. The van der Waals surface area contributed by atoms with E-state index < -0.39 is 0 Å². The lowest BCUT2D eigenvalue weighted by atomic mass is 10.4. The molecule has 1 N–H and O–H groups in total. The average Bonchev–Trinajstić information content (AvgIpc) is 1.87. The predicted octanol–water partition coefficient (Wildman–Crippen LogP) is 1.37. The molecule has 2 heteroatoms. The Bertz CT molecular complexity index is 97.1. The summed E-state index contributed by atoms with van der Waals surface area (Å²) < 4.78 is 0. The lowest BCUT2D eigenvalue weighted by Gasteiger charge is -2.19. The van der Waals surface area contributed by atoms with Crippen LogP contribution in [0, 0.1) is 0 Å². The van der Waals surface area contributed by atoms with E-state index in [1.165, 1.54) is 5.70 Å². The summed E-state index contributed by atoms with van der Waals surface area (Å²) in [6.07, 6.45) is 2.07. The van der Waals surface area contributed by atoms with Gasteiger partial charge in [-0.25, -0.2) is 5.43 Å². The van der Waals surface area contributed by atoms with E-state index in [0.717, 1.165) is 6.54 Å². The molecule has 54 valence electrons. The molecule has 0 heterocycles. The highest BCUT2D eigenvalue weighted by Crippen LogP contribution is 1.93. The molecule has 0 fully saturated rings. The first kappa shape index (κ1) is 8.50. The highest BCUT2D eigenvalue weighted by molar-refractivity contribution is 4.91. The zero-order valence-electron chi connectivity index (χ0n) is 6.73. The van der Waals surface area contributed by atoms with Gasteiger partial charge in [-0.15, -0.1) is 0 Å². The van der Waals surface area contributed by atoms with Crippen molar-refractivity contribution < 1.29 is 0 Å². The van der Waals surface area contributed by atoms with Crippen LogP contribution in [0.3, 0.4) is 0 Å². The van der Waals surface area contributed by atoms with Crippen molar-refractivity contribution >= 4 is 0 Å². The quantitative estimate of drug-likeness (QED) is 0.577. The van der Waals surface area contributed by atoms with Gasteiger partial charge in [-0.1, -0.05) is 13.0 Å². The van der Waals surface area contributed by atoms with Crippen LogP contribution >= 0.6 is 0 Å². The van der Waals surface area contributed by atoms with E-state index in [2.05, 4.69) is 25.3 Å². The second-order valence-electron chi connectivity index (χ2n) is 2.00. The van der Waals surface area contributed by atoms with Crippen molar-refractivity contribution in [2.24, 2.45) is 0 Å². The van der Waals surface area contributed by atoms with Crippen LogP contribution in [0.4, 0.5) is 0 Å². The molecule has 0 radical (unpaired) electrons. The summed E-state index contributed by atoms with van der Waals surface area (Å²) in [5.74, 6) is 0. The summed E-state index contributed by atoms with van der Waals surface area (Å²) in [7, 11) is 2.01. The summed E-state index contributed by atoms with van der Waals surface area (Å²) in [6.45, 7) is 7.16.